The van der Waals surface area contributed by atoms with E-state index in [9.17, 15) is 0 Å². The fraction of sp³-hybridized carbons (Fsp3) is 0. The number of thiophene rings is 2. The van der Waals surface area contributed by atoms with Gasteiger partial charge in [0.05, 0.1) is 11.0 Å². The summed E-state index contributed by atoms with van der Waals surface area (Å²) < 4.78 is 7.72. The molecule has 0 aliphatic rings. The molecule has 3 aromatic heterocycles. The predicted octanol–water partition coefficient (Wildman–Crippen LogP) is 12.9. The third kappa shape index (κ3) is 3.85. The summed E-state index contributed by atoms with van der Waals surface area (Å²) in [6, 6.07) is 56.0. The number of benzene rings is 7. The molecular weight excluding hydrogens is 583 g/mol. The number of hydrogen-bond acceptors (Lipinski definition) is 2. The minimum atomic E-state index is 1.18. The van der Waals surface area contributed by atoms with Crippen LogP contribution in [0.1, 0.15) is 0 Å². The van der Waals surface area contributed by atoms with Gasteiger partial charge < -0.3 is 4.57 Å². The van der Waals surface area contributed by atoms with Crippen LogP contribution in [0.5, 0.6) is 0 Å². The second kappa shape index (κ2) is 9.64. The maximum atomic E-state index is 2.39. The summed E-state index contributed by atoms with van der Waals surface area (Å²) in [5.74, 6) is 0. The van der Waals surface area contributed by atoms with E-state index >= 15 is 0 Å². The molecular formula is C42H25NS2. The summed E-state index contributed by atoms with van der Waals surface area (Å²) in [4.78, 5) is 0. The van der Waals surface area contributed by atoms with Gasteiger partial charge in [-0.2, -0.15) is 0 Å². The lowest BCUT2D eigenvalue weighted by molar-refractivity contribution is 1.18. The van der Waals surface area contributed by atoms with Crippen LogP contribution in [0.25, 0.3) is 90.1 Å². The summed E-state index contributed by atoms with van der Waals surface area (Å²) in [6.07, 6.45) is 0. The zero-order valence-corrected chi connectivity index (χ0v) is 25.8. The molecule has 0 spiro atoms. The highest BCUT2D eigenvalue weighted by Gasteiger charge is 2.15. The van der Waals surface area contributed by atoms with Crippen molar-refractivity contribution in [3.8, 4) is 27.9 Å². The molecule has 0 bridgehead atoms. The average molecular weight is 608 g/mol. The van der Waals surface area contributed by atoms with Crippen LogP contribution in [0.3, 0.4) is 0 Å². The minimum absolute atomic E-state index is 1.18. The largest absolute Gasteiger partial charge is 0.309 e. The molecule has 0 aliphatic heterocycles. The van der Waals surface area contributed by atoms with Crippen molar-refractivity contribution >= 4 is 84.8 Å². The average Bonchev–Trinajstić information content (AvgIpc) is 3.77. The fourth-order valence-corrected chi connectivity index (χ4v) is 9.20. The van der Waals surface area contributed by atoms with Gasteiger partial charge in [-0.05, 0) is 95.1 Å². The van der Waals surface area contributed by atoms with E-state index < -0.39 is 0 Å². The van der Waals surface area contributed by atoms with Gasteiger partial charge in [0.25, 0.3) is 0 Å². The second-order valence-corrected chi connectivity index (χ2v) is 13.9. The van der Waals surface area contributed by atoms with E-state index in [-0.39, 0.29) is 0 Å². The van der Waals surface area contributed by atoms with Crippen LogP contribution in [-0.2, 0) is 0 Å². The van der Waals surface area contributed by atoms with Crippen molar-refractivity contribution in [2.75, 3.05) is 0 Å². The monoisotopic (exact) mass is 607 g/mol. The van der Waals surface area contributed by atoms with E-state index in [1.807, 2.05) is 22.7 Å². The Morgan fingerprint density at radius 3 is 1.40 bits per heavy atom. The second-order valence-electron chi connectivity index (χ2n) is 11.8. The fourth-order valence-electron chi connectivity index (χ4n) is 7.05. The summed E-state index contributed by atoms with van der Waals surface area (Å²) >= 11 is 3.75. The Balaban J connectivity index is 1.12. The molecule has 0 amide bonds. The Kier molecular flexibility index (Phi) is 5.39. The first-order chi connectivity index (χ1) is 22.3. The highest BCUT2D eigenvalue weighted by molar-refractivity contribution is 7.26. The Morgan fingerprint density at radius 1 is 0.311 bits per heavy atom. The molecule has 210 valence electrons. The van der Waals surface area contributed by atoms with Crippen molar-refractivity contribution in [1.29, 1.82) is 0 Å². The SMILES string of the molecule is c1ccc(-n2c3ccccc3c3cc(-c4ccc5sc6ccc(-c7ccc8sc9ccccc9c8c7)cc6c5c4)ccc32)cc1. The lowest BCUT2D eigenvalue weighted by atomic mass is 9.98. The molecule has 45 heavy (non-hydrogen) atoms. The van der Waals surface area contributed by atoms with Crippen LogP contribution >= 0.6 is 22.7 Å². The molecule has 0 atom stereocenters. The van der Waals surface area contributed by atoms with Gasteiger partial charge in [-0.1, -0.05) is 78.9 Å². The highest BCUT2D eigenvalue weighted by atomic mass is 32.1. The Morgan fingerprint density at radius 2 is 0.756 bits per heavy atom. The quantitative estimate of drug-likeness (QED) is 0.188. The number of fused-ring (bicyclic) bond motifs is 9. The molecule has 0 saturated carbocycles. The molecule has 0 unspecified atom stereocenters. The normalized spacial score (nSPS) is 12.0. The van der Waals surface area contributed by atoms with Crippen molar-refractivity contribution in [2.24, 2.45) is 0 Å². The standard InChI is InChI=1S/C42H25NS2/c1-2-8-30(9-3-1)43-37-12-6-4-10-31(37)33-22-26(14-18-38(33)43)28-16-20-41-35(24-28)36-25-29(17-21-42(36)45-41)27-15-19-40-34(23-27)32-11-5-7-13-39(32)44-40/h1-25H. The molecule has 7 aromatic carbocycles. The van der Waals surface area contributed by atoms with Crippen molar-refractivity contribution in [3.63, 3.8) is 0 Å². The van der Waals surface area contributed by atoms with Crippen molar-refractivity contribution < 1.29 is 0 Å². The maximum absolute atomic E-state index is 2.39. The third-order valence-corrected chi connectivity index (χ3v) is 11.5. The van der Waals surface area contributed by atoms with E-state index in [2.05, 4.69) is 156 Å². The molecule has 0 aliphatic carbocycles. The number of hydrogen-bond donors (Lipinski definition) is 0. The van der Waals surface area contributed by atoms with Crippen molar-refractivity contribution in [1.82, 2.24) is 4.57 Å². The first-order valence-electron chi connectivity index (χ1n) is 15.3. The van der Waals surface area contributed by atoms with Gasteiger partial charge in [-0.25, -0.2) is 0 Å². The lowest BCUT2D eigenvalue weighted by Crippen LogP contribution is -1.92. The van der Waals surface area contributed by atoms with E-state index in [4.69, 9.17) is 0 Å². The van der Waals surface area contributed by atoms with Gasteiger partial charge >= 0.3 is 0 Å². The van der Waals surface area contributed by atoms with E-state index in [0.717, 1.165) is 0 Å². The summed E-state index contributed by atoms with van der Waals surface area (Å²) in [5.41, 5.74) is 8.67. The molecule has 0 fully saturated rings. The smallest absolute Gasteiger partial charge is 0.0541 e. The molecule has 3 heteroatoms. The summed E-state index contributed by atoms with van der Waals surface area (Å²) in [5, 5.41) is 7.89. The van der Waals surface area contributed by atoms with Gasteiger partial charge in [0.1, 0.15) is 0 Å². The Labute approximate surface area is 267 Å². The number of nitrogens with zero attached hydrogens (tertiary/aromatic N) is 1. The summed E-state index contributed by atoms with van der Waals surface area (Å²) in [6.45, 7) is 0. The minimum Gasteiger partial charge on any atom is -0.309 e. The van der Waals surface area contributed by atoms with Gasteiger partial charge in [-0.15, -0.1) is 22.7 Å². The zero-order chi connectivity index (χ0) is 29.5. The van der Waals surface area contributed by atoms with Crippen molar-refractivity contribution in [3.05, 3.63) is 152 Å². The van der Waals surface area contributed by atoms with Gasteiger partial charge in [0.15, 0.2) is 0 Å². The van der Waals surface area contributed by atoms with Crippen LogP contribution in [0.4, 0.5) is 0 Å². The van der Waals surface area contributed by atoms with Crippen LogP contribution in [0, 0.1) is 0 Å². The predicted molar refractivity (Wildman–Crippen MR) is 197 cm³/mol. The summed E-state index contributed by atoms with van der Waals surface area (Å²) in [7, 11) is 0. The van der Waals surface area contributed by atoms with E-state index in [1.165, 1.54) is 90.1 Å². The molecule has 0 saturated heterocycles. The lowest BCUT2D eigenvalue weighted by Gasteiger charge is -2.08. The topological polar surface area (TPSA) is 4.93 Å². The third-order valence-electron chi connectivity index (χ3n) is 9.20. The van der Waals surface area contributed by atoms with Gasteiger partial charge in [0, 0.05) is 56.8 Å². The molecule has 0 radical (unpaired) electrons. The molecule has 0 N–H and O–H groups in total. The molecule has 10 rings (SSSR count). The highest BCUT2D eigenvalue weighted by Crippen LogP contribution is 2.41. The van der Waals surface area contributed by atoms with Crippen LogP contribution < -0.4 is 0 Å². The molecule has 3 heterocycles. The first kappa shape index (κ1) is 25.1. The molecule has 1 nitrogen and oxygen atoms in total. The van der Waals surface area contributed by atoms with Gasteiger partial charge in [0.2, 0.25) is 0 Å². The number of para-hydroxylation sites is 2. The number of rotatable bonds is 3. The van der Waals surface area contributed by atoms with Crippen LogP contribution in [0.2, 0.25) is 0 Å². The first-order valence-corrected chi connectivity index (χ1v) is 16.9. The maximum Gasteiger partial charge on any atom is 0.0541 e. The Hall–Kier alpha value is -5.22. The van der Waals surface area contributed by atoms with Crippen LogP contribution in [-0.4, -0.2) is 4.57 Å². The van der Waals surface area contributed by atoms with Gasteiger partial charge in [-0.3, -0.25) is 0 Å². The van der Waals surface area contributed by atoms with Crippen molar-refractivity contribution in [2.45, 2.75) is 0 Å². The molecule has 10 aromatic rings. The van der Waals surface area contributed by atoms with E-state index in [1.54, 1.807) is 0 Å². The number of aromatic nitrogens is 1. The Bertz CT molecular complexity index is 2760. The van der Waals surface area contributed by atoms with Crippen LogP contribution in [0.15, 0.2) is 152 Å². The van der Waals surface area contributed by atoms with E-state index in [0.29, 0.717) is 0 Å². The zero-order valence-electron chi connectivity index (χ0n) is 24.2.